The number of hydrogen-bond donors (Lipinski definition) is 1. The number of nitrogens with zero attached hydrogens (tertiary/aromatic N) is 2. The van der Waals surface area contributed by atoms with Gasteiger partial charge < -0.3 is 14.6 Å². The summed E-state index contributed by atoms with van der Waals surface area (Å²) in [5.41, 5.74) is 2.26. The van der Waals surface area contributed by atoms with Gasteiger partial charge in [-0.15, -0.1) is 0 Å². The Hall–Kier alpha value is -2.66. The Labute approximate surface area is 148 Å². The first-order valence-corrected chi connectivity index (χ1v) is 8.42. The van der Waals surface area contributed by atoms with Gasteiger partial charge in [0.2, 0.25) is 5.89 Å². The van der Waals surface area contributed by atoms with E-state index in [9.17, 15) is 0 Å². The number of aromatic nitrogens is 2. The van der Waals surface area contributed by atoms with Crippen molar-refractivity contribution in [3.63, 3.8) is 0 Å². The summed E-state index contributed by atoms with van der Waals surface area (Å²) in [6.45, 7) is 4.13. The molecule has 0 unspecified atom stereocenters. The molecule has 0 radical (unpaired) electrons. The molecule has 1 aromatic heterocycles. The van der Waals surface area contributed by atoms with Crippen LogP contribution in [0.2, 0.25) is 0 Å². The van der Waals surface area contributed by atoms with Crippen LogP contribution in [-0.2, 0) is 6.42 Å². The molecule has 0 amide bonds. The molecule has 0 saturated heterocycles. The lowest BCUT2D eigenvalue weighted by Gasteiger charge is -2.20. The van der Waals surface area contributed by atoms with Crippen molar-refractivity contribution in [1.82, 2.24) is 15.5 Å². The molecule has 5 heteroatoms. The van der Waals surface area contributed by atoms with Gasteiger partial charge in [0.1, 0.15) is 5.75 Å². The summed E-state index contributed by atoms with van der Waals surface area (Å²) in [7, 11) is 1.68. The van der Waals surface area contributed by atoms with E-state index in [2.05, 4.69) is 40.6 Å². The monoisotopic (exact) mass is 337 g/mol. The minimum Gasteiger partial charge on any atom is -0.496 e. The second-order valence-corrected chi connectivity index (χ2v) is 6.06. The highest BCUT2D eigenvalue weighted by Crippen LogP contribution is 2.26. The number of rotatable bonds is 7. The van der Waals surface area contributed by atoms with Crippen LogP contribution in [0.4, 0.5) is 0 Å². The van der Waals surface area contributed by atoms with Gasteiger partial charge in [-0.05, 0) is 25.5 Å². The van der Waals surface area contributed by atoms with Crippen molar-refractivity contribution in [3.05, 3.63) is 77.4 Å². The highest BCUT2D eigenvalue weighted by Gasteiger charge is 2.18. The van der Waals surface area contributed by atoms with E-state index in [-0.39, 0.29) is 12.1 Å². The maximum absolute atomic E-state index is 5.43. The van der Waals surface area contributed by atoms with Gasteiger partial charge in [0.25, 0.3) is 0 Å². The summed E-state index contributed by atoms with van der Waals surface area (Å²) in [4.78, 5) is 4.52. The standard InChI is InChI=1S/C20H23N3O2/c1-14(17-11-7-8-12-18(17)24-3)21-15(2)20-22-19(25-23-20)13-16-9-5-4-6-10-16/h4-12,14-15,21H,13H2,1-3H3/t14-,15+/m0/s1. The van der Waals surface area contributed by atoms with Crippen LogP contribution in [0.25, 0.3) is 0 Å². The quantitative estimate of drug-likeness (QED) is 0.704. The van der Waals surface area contributed by atoms with Gasteiger partial charge in [-0.3, -0.25) is 0 Å². The van der Waals surface area contributed by atoms with Crippen LogP contribution in [0.5, 0.6) is 5.75 Å². The molecular formula is C20H23N3O2. The Morgan fingerprint density at radius 1 is 1.00 bits per heavy atom. The molecule has 1 heterocycles. The SMILES string of the molecule is COc1ccccc1[C@H](C)N[C@H](C)c1noc(Cc2ccccc2)n1. The lowest BCUT2D eigenvalue weighted by molar-refractivity contribution is 0.366. The summed E-state index contributed by atoms with van der Waals surface area (Å²) >= 11 is 0. The summed E-state index contributed by atoms with van der Waals surface area (Å²) < 4.78 is 10.8. The predicted octanol–water partition coefficient (Wildman–Crippen LogP) is 4.08. The zero-order chi connectivity index (χ0) is 17.6. The van der Waals surface area contributed by atoms with Crippen molar-refractivity contribution in [2.45, 2.75) is 32.4 Å². The first kappa shape index (κ1) is 17.2. The van der Waals surface area contributed by atoms with Gasteiger partial charge in [0.05, 0.1) is 19.6 Å². The van der Waals surface area contributed by atoms with Crippen LogP contribution in [0.1, 0.15) is 48.8 Å². The average molecular weight is 337 g/mol. The fourth-order valence-electron chi connectivity index (χ4n) is 2.85. The fraction of sp³-hybridized carbons (Fsp3) is 0.300. The molecule has 3 aromatic rings. The van der Waals surface area contributed by atoms with Gasteiger partial charge in [0, 0.05) is 11.6 Å². The van der Waals surface area contributed by atoms with Crippen LogP contribution in [-0.4, -0.2) is 17.3 Å². The van der Waals surface area contributed by atoms with E-state index in [1.807, 2.05) is 43.3 Å². The normalized spacial score (nSPS) is 13.4. The number of para-hydroxylation sites is 1. The lowest BCUT2D eigenvalue weighted by Crippen LogP contribution is -2.23. The van der Waals surface area contributed by atoms with Crippen molar-refractivity contribution < 1.29 is 9.26 Å². The van der Waals surface area contributed by atoms with E-state index < -0.39 is 0 Å². The van der Waals surface area contributed by atoms with Crippen LogP contribution >= 0.6 is 0 Å². The molecule has 0 bridgehead atoms. The fourth-order valence-corrected chi connectivity index (χ4v) is 2.85. The van der Waals surface area contributed by atoms with Gasteiger partial charge in [0.15, 0.2) is 5.82 Å². The molecule has 2 aromatic carbocycles. The van der Waals surface area contributed by atoms with E-state index in [1.165, 1.54) is 0 Å². The smallest absolute Gasteiger partial charge is 0.231 e. The Morgan fingerprint density at radius 2 is 1.72 bits per heavy atom. The van der Waals surface area contributed by atoms with Crippen LogP contribution in [0, 0.1) is 0 Å². The van der Waals surface area contributed by atoms with E-state index in [4.69, 9.17) is 9.26 Å². The highest BCUT2D eigenvalue weighted by atomic mass is 16.5. The van der Waals surface area contributed by atoms with Gasteiger partial charge in [-0.25, -0.2) is 0 Å². The molecule has 25 heavy (non-hydrogen) atoms. The molecule has 0 spiro atoms. The summed E-state index contributed by atoms with van der Waals surface area (Å²) in [5, 5.41) is 7.62. The number of nitrogens with one attached hydrogen (secondary N) is 1. The van der Waals surface area contributed by atoms with E-state index in [0.717, 1.165) is 16.9 Å². The Kier molecular flexibility index (Phi) is 5.46. The lowest BCUT2D eigenvalue weighted by atomic mass is 10.1. The van der Waals surface area contributed by atoms with E-state index in [0.29, 0.717) is 18.1 Å². The van der Waals surface area contributed by atoms with E-state index in [1.54, 1.807) is 7.11 Å². The molecule has 1 N–H and O–H groups in total. The van der Waals surface area contributed by atoms with Gasteiger partial charge >= 0.3 is 0 Å². The second kappa shape index (κ2) is 7.94. The maximum Gasteiger partial charge on any atom is 0.231 e. The molecule has 0 aliphatic heterocycles. The molecule has 0 aliphatic carbocycles. The second-order valence-electron chi connectivity index (χ2n) is 6.06. The van der Waals surface area contributed by atoms with Crippen molar-refractivity contribution in [3.8, 4) is 5.75 Å². The summed E-state index contributed by atoms with van der Waals surface area (Å²) in [6.07, 6.45) is 0.641. The molecular weight excluding hydrogens is 314 g/mol. The molecule has 2 atom stereocenters. The van der Waals surface area contributed by atoms with Crippen LogP contribution in [0.3, 0.4) is 0 Å². The van der Waals surface area contributed by atoms with Crippen molar-refractivity contribution in [1.29, 1.82) is 0 Å². The van der Waals surface area contributed by atoms with Crippen molar-refractivity contribution in [2.75, 3.05) is 7.11 Å². The topological polar surface area (TPSA) is 60.2 Å². The number of hydrogen-bond acceptors (Lipinski definition) is 5. The Morgan fingerprint density at radius 3 is 2.48 bits per heavy atom. The highest BCUT2D eigenvalue weighted by molar-refractivity contribution is 5.35. The summed E-state index contributed by atoms with van der Waals surface area (Å²) in [5.74, 6) is 2.15. The third kappa shape index (κ3) is 4.25. The number of benzene rings is 2. The molecule has 0 saturated carbocycles. The molecule has 3 rings (SSSR count). The Balaban J connectivity index is 1.66. The average Bonchev–Trinajstić information content (AvgIpc) is 3.11. The van der Waals surface area contributed by atoms with Crippen LogP contribution in [0.15, 0.2) is 59.1 Å². The molecule has 5 nitrogen and oxygen atoms in total. The third-order valence-electron chi connectivity index (χ3n) is 4.17. The molecule has 0 fully saturated rings. The summed E-state index contributed by atoms with van der Waals surface area (Å²) in [6, 6.07) is 18.2. The maximum atomic E-state index is 5.43. The predicted molar refractivity (Wildman–Crippen MR) is 96.5 cm³/mol. The minimum atomic E-state index is -0.0341. The first-order valence-electron chi connectivity index (χ1n) is 8.42. The zero-order valence-corrected chi connectivity index (χ0v) is 14.8. The number of ether oxygens (including phenoxy) is 1. The van der Waals surface area contributed by atoms with E-state index >= 15 is 0 Å². The largest absolute Gasteiger partial charge is 0.496 e. The van der Waals surface area contributed by atoms with Crippen LogP contribution < -0.4 is 10.1 Å². The third-order valence-corrected chi connectivity index (χ3v) is 4.17. The zero-order valence-electron chi connectivity index (χ0n) is 14.8. The van der Waals surface area contributed by atoms with Crippen molar-refractivity contribution in [2.24, 2.45) is 0 Å². The molecule has 0 aliphatic rings. The van der Waals surface area contributed by atoms with Gasteiger partial charge in [-0.1, -0.05) is 53.7 Å². The Bertz CT molecular complexity index is 801. The molecule has 130 valence electrons. The van der Waals surface area contributed by atoms with Gasteiger partial charge in [-0.2, -0.15) is 4.98 Å². The first-order chi connectivity index (χ1) is 12.2. The number of methoxy groups -OCH3 is 1. The van der Waals surface area contributed by atoms with Crippen molar-refractivity contribution >= 4 is 0 Å². The minimum absolute atomic E-state index is 0.0341.